The van der Waals surface area contributed by atoms with Gasteiger partial charge in [0.1, 0.15) is 40.4 Å². The van der Waals surface area contributed by atoms with Crippen molar-refractivity contribution in [2.24, 2.45) is 0 Å². The molecule has 0 aliphatic carbocycles. The lowest BCUT2D eigenvalue weighted by atomic mass is 9.98. The van der Waals surface area contributed by atoms with Crippen LogP contribution in [0.1, 0.15) is 11.1 Å². The van der Waals surface area contributed by atoms with Crippen molar-refractivity contribution in [2.75, 3.05) is 0 Å². The van der Waals surface area contributed by atoms with E-state index in [4.69, 9.17) is 0 Å². The molecule has 5 aromatic carbocycles. The molecular weight excluding hydrogens is 590 g/mol. The Bertz CT molecular complexity index is 1900. The van der Waals surface area contributed by atoms with Crippen LogP contribution in [0.4, 0.5) is 43.9 Å². The molecule has 0 spiro atoms. The summed E-state index contributed by atoms with van der Waals surface area (Å²) in [5.41, 5.74) is -2.49. The molecule has 0 atom stereocenters. The predicted molar refractivity (Wildman–Crippen MR) is 139 cm³/mol. The molecule has 1 nitrogen and oxygen atoms in total. The van der Waals surface area contributed by atoms with Gasteiger partial charge in [-0.05, 0) is 64.5 Å². The molecular formula is C32H14F10O. The lowest BCUT2D eigenvalue weighted by Crippen LogP contribution is -2.25. The number of hydrogen-bond donors (Lipinski definition) is 0. The molecule has 0 heterocycles. The second-order valence-electron chi connectivity index (χ2n) is 9.17. The van der Waals surface area contributed by atoms with Crippen LogP contribution in [0.15, 0.2) is 84.9 Å². The number of alkyl halides is 5. The molecule has 5 rings (SSSR count). The molecule has 0 N–H and O–H groups in total. The highest BCUT2D eigenvalue weighted by Gasteiger charge is 2.41. The fourth-order valence-corrected chi connectivity index (χ4v) is 4.38. The molecule has 11 heteroatoms. The summed E-state index contributed by atoms with van der Waals surface area (Å²) in [5, 5.41) is -0.892. The Morgan fingerprint density at radius 2 is 1.23 bits per heavy atom. The number of benzene rings is 5. The zero-order valence-electron chi connectivity index (χ0n) is 21.3. The van der Waals surface area contributed by atoms with Crippen molar-refractivity contribution in [1.82, 2.24) is 0 Å². The van der Waals surface area contributed by atoms with Crippen LogP contribution >= 0.6 is 0 Å². The van der Waals surface area contributed by atoms with Gasteiger partial charge in [-0.25, -0.2) is 22.0 Å². The van der Waals surface area contributed by atoms with Gasteiger partial charge in [-0.15, -0.1) is 0 Å². The maximum Gasteiger partial charge on any atom is 0.458 e. The molecule has 0 amide bonds. The van der Waals surface area contributed by atoms with E-state index in [0.717, 1.165) is 24.1 Å². The standard InChI is InChI=1S/C32H14F10O/c33-25-13-18(17-4-2-1-3-5-17)6-8-22(25)20-15-27(35)29(28(36)16-20)32(41,42)43-21-7-9-23-19(12-21)14-26(34)24(30(23)37)10-11-31(38,39)40/h1-9,12-16H. The maximum atomic E-state index is 15.0. The summed E-state index contributed by atoms with van der Waals surface area (Å²) in [7, 11) is 0. The van der Waals surface area contributed by atoms with Gasteiger partial charge in [-0.2, -0.15) is 22.0 Å². The summed E-state index contributed by atoms with van der Waals surface area (Å²) >= 11 is 0. The van der Waals surface area contributed by atoms with Crippen LogP contribution in [0.25, 0.3) is 33.0 Å². The van der Waals surface area contributed by atoms with Gasteiger partial charge in [-0.1, -0.05) is 48.4 Å². The van der Waals surface area contributed by atoms with E-state index < -0.39 is 69.0 Å². The van der Waals surface area contributed by atoms with Crippen molar-refractivity contribution < 1.29 is 48.6 Å². The summed E-state index contributed by atoms with van der Waals surface area (Å²) in [5.74, 6) is -6.09. The van der Waals surface area contributed by atoms with Crippen LogP contribution in [-0.2, 0) is 6.11 Å². The van der Waals surface area contributed by atoms with Gasteiger partial charge < -0.3 is 4.74 Å². The minimum absolute atomic E-state index is 0.258. The van der Waals surface area contributed by atoms with Gasteiger partial charge in [0, 0.05) is 16.9 Å². The molecule has 0 saturated heterocycles. The summed E-state index contributed by atoms with van der Waals surface area (Å²) in [6, 6.07) is 16.3. The van der Waals surface area contributed by atoms with Crippen LogP contribution in [0.2, 0.25) is 0 Å². The Hall–Kier alpha value is -4.98. The van der Waals surface area contributed by atoms with E-state index in [0.29, 0.717) is 35.4 Å². The number of rotatable bonds is 5. The van der Waals surface area contributed by atoms with Crippen molar-refractivity contribution in [3.05, 3.63) is 125 Å². The van der Waals surface area contributed by atoms with E-state index >= 15 is 8.78 Å². The topological polar surface area (TPSA) is 9.23 Å². The van der Waals surface area contributed by atoms with E-state index in [9.17, 15) is 35.1 Å². The second-order valence-corrected chi connectivity index (χ2v) is 9.17. The first kappa shape index (κ1) is 29.5. The average Bonchev–Trinajstić information content (AvgIpc) is 2.91. The summed E-state index contributed by atoms with van der Waals surface area (Å²) < 4.78 is 145. The van der Waals surface area contributed by atoms with Crippen molar-refractivity contribution in [2.45, 2.75) is 12.3 Å². The van der Waals surface area contributed by atoms with Gasteiger partial charge >= 0.3 is 12.3 Å². The Labute approximate surface area is 237 Å². The molecule has 218 valence electrons. The second kappa shape index (κ2) is 11.0. The minimum atomic E-state index is -5.03. The number of fused-ring (bicyclic) bond motifs is 1. The third-order valence-electron chi connectivity index (χ3n) is 6.30. The minimum Gasteiger partial charge on any atom is -0.429 e. The van der Waals surface area contributed by atoms with Crippen molar-refractivity contribution in [3.8, 4) is 39.8 Å². The average molecular weight is 604 g/mol. The van der Waals surface area contributed by atoms with Gasteiger partial charge in [0.25, 0.3) is 0 Å². The van der Waals surface area contributed by atoms with Crippen molar-refractivity contribution in [3.63, 3.8) is 0 Å². The molecule has 5 aromatic rings. The van der Waals surface area contributed by atoms with E-state index in [1.807, 2.05) is 0 Å². The molecule has 0 aliphatic heterocycles. The quantitative estimate of drug-likeness (QED) is 0.143. The van der Waals surface area contributed by atoms with Crippen LogP contribution in [0.5, 0.6) is 5.75 Å². The van der Waals surface area contributed by atoms with Crippen molar-refractivity contribution in [1.29, 1.82) is 0 Å². The van der Waals surface area contributed by atoms with E-state index in [1.54, 1.807) is 30.3 Å². The Morgan fingerprint density at radius 1 is 0.581 bits per heavy atom. The highest BCUT2D eigenvalue weighted by Crippen LogP contribution is 2.39. The molecule has 0 aromatic heterocycles. The third kappa shape index (κ3) is 6.14. The summed E-state index contributed by atoms with van der Waals surface area (Å²) in [6.45, 7) is 0. The highest BCUT2D eigenvalue weighted by atomic mass is 19.4. The number of halogens is 10. The highest BCUT2D eigenvalue weighted by molar-refractivity contribution is 5.86. The summed E-state index contributed by atoms with van der Waals surface area (Å²) in [6.07, 6.45) is -9.69. The van der Waals surface area contributed by atoms with E-state index in [2.05, 4.69) is 4.74 Å². The predicted octanol–water partition coefficient (Wildman–Crippen LogP) is 9.91. The number of ether oxygens (including phenoxy) is 1. The largest absolute Gasteiger partial charge is 0.458 e. The van der Waals surface area contributed by atoms with Gasteiger partial charge in [0.15, 0.2) is 0 Å². The molecule has 43 heavy (non-hydrogen) atoms. The third-order valence-corrected chi connectivity index (χ3v) is 6.30. The fraction of sp³-hybridized carbons (Fsp3) is 0.0625. The van der Waals surface area contributed by atoms with Gasteiger partial charge in [0.2, 0.25) is 0 Å². The van der Waals surface area contributed by atoms with Gasteiger partial charge in [-0.3, -0.25) is 0 Å². The fourth-order valence-electron chi connectivity index (χ4n) is 4.38. The Morgan fingerprint density at radius 3 is 1.86 bits per heavy atom. The first-order valence-corrected chi connectivity index (χ1v) is 12.2. The van der Waals surface area contributed by atoms with Crippen molar-refractivity contribution >= 4 is 10.8 Å². The molecule has 0 bridgehead atoms. The normalized spacial score (nSPS) is 11.8. The van der Waals surface area contributed by atoms with E-state index in [-0.39, 0.29) is 11.1 Å². The first-order valence-electron chi connectivity index (χ1n) is 12.2. The lowest BCUT2D eigenvalue weighted by Gasteiger charge is -2.20. The molecule has 0 saturated carbocycles. The van der Waals surface area contributed by atoms with Crippen LogP contribution < -0.4 is 4.74 Å². The molecule has 0 radical (unpaired) electrons. The molecule has 0 unspecified atom stereocenters. The SMILES string of the molecule is Fc1cc(-c2ccccc2)ccc1-c1cc(F)c(C(F)(F)Oc2ccc3c(F)c(C#CC(F)(F)F)c(F)cc3c2)c(F)c1. The maximum absolute atomic E-state index is 15.0. The molecule has 0 fully saturated rings. The monoisotopic (exact) mass is 604 g/mol. The van der Waals surface area contributed by atoms with Crippen LogP contribution in [-0.4, -0.2) is 6.18 Å². The zero-order valence-corrected chi connectivity index (χ0v) is 21.3. The Kier molecular flexibility index (Phi) is 7.56. The summed E-state index contributed by atoms with van der Waals surface area (Å²) in [4.78, 5) is 0. The first-order chi connectivity index (χ1) is 20.2. The van der Waals surface area contributed by atoms with Gasteiger partial charge in [0.05, 0.1) is 5.56 Å². The lowest BCUT2D eigenvalue weighted by molar-refractivity contribution is -0.189. The smallest absolute Gasteiger partial charge is 0.429 e. The van der Waals surface area contributed by atoms with Crippen LogP contribution in [0, 0.1) is 40.9 Å². The van der Waals surface area contributed by atoms with Crippen LogP contribution in [0.3, 0.4) is 0 Å². The number of hydrogen-bond acceptors (Lipinski definition) is 1. The zero-order chi connectivity index (χ0) is 31.1. The molecule has 0 aliphatic rings. The van der Waals surface area contributed by atoms with E-state index in [1.165, 1.54) is 18.1 Å². The Balaban J connectivity index is 1.45.